The Morgan fingerprint density at radius 1 is 1.21 bits per heavy atom. The summed E-state index contributed by atoms with van der Waals surface area (Å²) in [5.74, 6) is 1.70. The molecule has 1 aliphatic carbocycles. The topological polar surface area (TPSA) is 77.8 Å². The van der Waals surface area contributed by atoms with Gasteiger partial charge in [0.15, 0.2) is 5.76 Å². The zero-order valence-electron chi connectivity index (χ0n) is 12.8. The second-order valence-electron chi connectivity index (χ2n) is 5.57. The number of furan rings is 1. The summed E-state index contributed by atoms with van der Waals surface area (Å²) in [6.45, 7) is 1.91. The molecule has 0 aromatic carbocycles. The van der Waals surface area contributed by atoms with Crippen LogP contribution in [0.1, 0.15) is 22.7 Å². The molecule has 0 radical (unpaired) electrons. The smallest absolute Gasteiger partial charge is 0.284 e. The predicted molar refractivity (Wildman–Crippen MR) is 90.3 cm³/mol. The molecule has 0 saturated carbocycles. The SMILES string of the molecule is Cc1nc(Sc2nnc(-c3ccco3)o2)c2c3c(sc2n1)CCC3. The van der Waals surface area contributed by atoms with Crippen molar-refractivity contribution >= 4 is 33.3 Å². The summed E-state index contributed by atoms with van der Waals surface area (Å²) in [6, 6.07) is 3.58. The number of fused-ring (bicyclic) bond motifs is 3. The van der Waals surface area contributed by atoms with Crippen molar-refractivity contribution in [2.24, 2.45) is 0 Å². The fourth-order valence-corrected chi connectivity index (χ4v) is 5.21. The van der Waals surface area contributed by atoms with Gasteiger partial charge in [0.05, 0.1) is 6.26 Å². The van der Waals surface area contributed by atoms with Crippen LogP contribution in [0.25, 0.3) is 21.9 Å². The van der Waals surface area contributed by atoms with Crippen molar-refractivity contribution in [3.63, 3.8) is 0 Å². The molecule has 0 aliphatic heterocycles. The van der Waals surface area contributed by atoms with Crippen LogP contribution in [0.5, 0.6) is 0 Å². The Hall–Kier alpha value is -2.19. The van der Waals surface area contributed by atoms with Crippen LogP contribution < -0.4 is 0 Å². The maximum Gasteiger partial charge on any atom is 0.284 e. The molecule has 0 spiro atoms. The molecule has 0 bridgehead atoms. The number of aromatic nitrogens is 4. The number of thiophene rings is 1. The van der Waals surface area contributed by atoms with Crippen LogP contribution >= 0.6 is 23.1 Å². The highest BCUT2D eigenvalue weighted by molar-refractivity contribution is 7.99. The Bertz CT molecular complexity index is 1040. The van der Waals surface area contributed by atoms with E-state index in [9.17, 15) is 0 Å². The van der Waals surface area contributed by atoms with Crippen molar-refractivity contribution in [1.29, 1.82) is 0 Å². The second kappa shape index (κ2) is 5.42. The van der Waals surface area contributed by atoms with Gasteiger partial charge in [-0.25, -0.2) is 9.97 Å². The van der Waals surface area contributed by atoms with E-state index in [1.54, 1.807) is 29.7 Å². The highest BCUT2D eigenvalue weighted by Gasteiger charge is 2.23. The molecule has 1 aliphatic rings. The van der Waals surface area contributed by atoms with Crippen molar-refractivity contribution in [1.82, 2.24) is 20.2 Å². The van der Waals surface area contributed by atoms with Gasteiger partial charge in [-0.05, 0) is 55.6 Å². The third kappa shape index (κ3) is 2.25. The van der Waals surface area contributed by atoms with E-state index >= 15 is 0 Å². The van der Waals surface area contributed by atoms with Gasteiger partial charge in [-0.1, -0.05) is 0 Å². The first-order valence-corrected chi connectivity index (χ1v) is 9.25. The van der Waals surface area contributed by atoms with E-state index in [2.05, 4.69) is 20.2 Å². The Morgan fingerprint density at radius 3 is 3.04 bits per heavy atom. The zero-order valence-corrected chi connectivity index (χ0v) is 14.4. The highest BCUT2D eigenvalue weighted by Crippen LogP contribution is 2.42. The molecule has 0 atom stereocenters. The Morgan fingerprint density at radius 2 is 2.17 bits per heavy atom. The van der Waals surface area contributed by atoms with Crippen LogP contribution in [0.4, 0.5) is 0 Å². The minimum Gasteiger partial charge on any atom is -0.459 e. The summed E-state index contributed by atoms with van der Waals surface area (Å²) in [7, 11) is 0. The fraction of sp³-hybridized carbons (Fsp3) is 0.250. The standard InChI is InChI=1S/C16H12N4O2S2/c1-8-17-14-12(9-4-2-6-11(9)23-14)15(18-8)24-16-20-19-13(22-16)10-5-3-7-21-10/h3,5,7H,2,4,6H2,1H3. The predicted octanol–water partition coefficient (Wildman–Crippen LogP) is 4.28. The maximum absolute atomic E-state index is 5.71. The number of nitrogens with zero attached hydrogens (tertiary/aromatic N) is 4. The molecule has 8 heteroatoms. The van der Waals surface area contributed by atoms with Crippen molar-refractivity contribution in [2.75, 3.05) is 0 Å². The lowest BCUT2D eigenvalue weighted by molar-refractivity contribution is 0.447. The molecular formula is C16H12N4O2S2. The summed E-state index contributed by atoms with van der Waals surface area (Å²) < 4.78 is 11.0. The van der Waals surface area contributed by atoms with Gasteiger partial charge in [0.2, 0.25) is 0 Å². The molecule has 0 N–H and O–H groups in total. The van der Waals surface area contributed by atoms with Gasteiger partial charge in [-0.2, -0.15) is 0 Å². The van der Waals surface area contributed by atoms with Crippen molar-refractivity contribution in [3.05, 3.63) is 34.7 Å². The third-order valence-electron chi connectivity index (χ3n) is 3.97. The molecule has 4 heterocycles. The van der Waals surface area contributed by atoms with Gasteiger partial charge in [0.1, 0.15) is 15.7 Å². The first-order valence-electron chi connectivity index (χ1n) is 7.62. The maximum atomic E-state index is 5.71. The van der Waals surface area contributed by atoms with E-state index in [0.29, 0.717) is 16.9 Å². The van der Waals surface area contributed by atoms with E-state index in [4.69, 9.17) is 8.83 Å². The normalized spacial score (nSPS) is 13.7. The first-order chi connectivity index (χ1) is 11.8. The van der Waals surface area contributed by atoms with Gasteiger partial charge in [-0.3, -0.25) is 0 Å². The molecule has 5 rings (SSSR count). The fourth-order valence-electron chi connectivity index (χ4n) is 2.97. The molecule has 0 amide bonds. The quantitative estimate of drug-likeness (QED) is 0.507. The van der Waals surface area contributed by atoms with Crippen molar-refractivity contribution in [2.45, 2.75) is 36.4 Å². The third-order valence-corrected chi connectivity index (χ3v) is 5.98. The van der Waals surface area contributed by atoms with Crippen molar-refractivity contribution in [3.8, 4) is 11.7 Å². The Kier molecular flexibility index (Phi) is 3.20. The monoisotopic (exact) mass is 356 g/mol. The minimum absolute atomic E-state index is 0.375. The first kappa shape index (κ1) is 14.2. The Labute approximate surface area is 145 Å². The summed E-state index contributed by atoms with van der Waals surface area (Å²) in [6.07, 6.45) is 5.02. The van der Waals surface area contributed by atoms with Gasteiger partial charge in [0, 0.05) is 10.3 Å². The van der Waals surface area contributed by atoms with Crippen molar-refractivity contribution < 1.29 is 8.83 Å². The van der Waals surface area contributed by atoms with E-state index < -0.39 is 0 Å². The molecule has 4 aromatic rings. The van der Waals surface area contributed by atoms with E-state index in [1.165, 1.54) is 28.6 Å². The molecule has 24 heavy (non-hydrogen) atoms. The average Bonchev–Trinajstić information content (AvgIpc) is 3.30. The lowest BCUT2D eigenvalue weighted by atomic mass is 10.2. The molecule has 0 fully saturated rings. The molecule has 0 unspecified atom stereocenters. The van der Waals surface area contributed by atoms with Crippen LogP contribution in [0.3, 0.4) is 0 Å². The number of rotatable bonds is 3. The molecule has 4 aromatic heterocycles. The van der Waals surface area contributed by atoms with Crippen LogP contribution in [0, 0.1) is 6.92 Å². The zero-order chi connectivity index (χ0) is 16.1. The summed E-state index contributed by atoms with van der Waals surface area (Å²) >= 11 is 3.18. The molecule has 120 valence electrons. The van der Waals surface area contributed by atoms with Gasteiger partial charge in [0.25, 0.3) is 11.1 Å². The number of hydrogen-bond acceptors (Lipinski definition) is 8. The van der Waals surface area contributed by atoms with Crippen LogP contribution in [-0.2, 0) is 12.8 Å². The number of aryl methyl sites for hydroxylation is 3. The minimum atomic E-state index is 0.375. The lowest BCUT2D eigenvalue weighted by Gasteiger charge is -2.02. The molecular weight excluding hydrogens is 344 g/mol. The largest absolute Gasteiger partial charge is 0.459 e. The summed E-state index contributed by atoms with van der Waals surface area (Å²) in [5, 5.41) is 10.7. The molecule has 0 saturated heterocycles. The summed E-state index contributed by atoms with van der Waals surface area (Å²) in [5.41, 5.74) is 1.39. The summed E-state index contributed by atoms with van der Waals surface area (Å²) in [4.78, 5) is 11.7. The second-order valence-corrected chi connectivity index (χ2v) is 7.59. The van der Waals surface area contributed by atoms with Gasteiger partial charge >= 0.3 is 0 Å². The van der Waals surface area contributed by atoms with E-state index in [-0.39, 0.29) is 0 Å². The van der Waals surface area contributed by atoms with Crippen LogP contribution in [-0.4, -0.2) is 20.2 Å². The highest BCUT2D eigenvalue weighted by atomic mass is 32.2. The Balaban J connectivity index is 1.57. The van der Waals surface area contributed by atoms with Crippen LogP contribution in [0.15, 0.2) is 37.5 Å². The van der Waals surface area contributed by atoms with Gasteiger partial charge < -0.3 is 8.83 Å². The average molecular weight is 356 g/mol. The lowest BCUT2D eigenvalue weighted by Crippen LogP contribution is -1.92. The van der Waals surface area contributed by atoms with Gasteiger partial charge in [-0.15, -0.1) is 21.5 Å². The number of hydrogen-bond donors (Lipinski definition) is 0. The molecule has 6 nitrogen and oxygen atoms in total. The van der Waals surface area contributed by atoms with E-state index in [1.807, 2.05) is 6.92 Å². The van der Waals surface area contributed by atoms with E-state index in [0.717, 1.165) is 33.9 Å². The van der Waals surface area contributed by atoms with Crippen LogP contribution in [0.2, 0.25) is 0 Å².